The molecule has 1 atom stereocenters. The van der Waals surface area contributed by atoms with Crippen LogP contribution in [0.15, 0.2) is 42.5 Å². The maximum absolute atomic E-state index is 11.1. The van der Waals surface area contributed by atoms with Gasteiger partial charge in [-0.25, -0.2) is 9.59 Å². The normalized spacial score (nSPS) is 14.8. The lowest BCUT2D eigenvalue weighted by molar-refractivity contribution is 0.153. The van der Waals surface area contributed by atoms with E-state index in [0.29, 0.717) is 5.75 Å². The van der Waals surface area contributed by atoms with Crippen LogP contribution in [0.1, 0.15) is 17.0 Å². The highest BCUT2D eigenvalue weighted by Crippen LogP contribution is 2.48. The minimum atomic E-state index is -0.890. The van der Waals surface area contributed by atoms with Crippen LogP contribution >= 0.6 is 0 Å². The first-order valence-corrected chi connectivity index (χ1v) is 6.69. The number of hydrogen-bond acceptors (Lipinski definition) is 4. The molecule has 4 N–H and O–H groups in total. The van der Waals surface area contributed by atoms with Gasteiger partial charge in [-0.3, -0.25) is 0 Å². The molecule has 1 aliphatic rings. The Labute approximate surface area is 126 Å². The monoisotopic (exact) mass is 298 g/mol. The molecule has 0 aromatic heterocycles. The molecule has 0 radical (unpaired) electrons. The van der Waals surface area contributed by atoms with Gasteiger partial charge in [0.05, 0.1) is 0 Å². The number of carbonyl (C=O) groups excluding carboxylic acids is 2. The summed E-state index contributed by atoms with van der Waals surface area (Å²) in [4.78, 5) is 22.0. The molecule has 0 saturated heterocycles. The van der Waals surface area contributed by atoms with Gasteiger partial charge in [-0.15, -0.1) is 0 Å². The molecule has 0 spiro atoms. The molecule has 0 aliphatic heterocycles. The number of ether oxygens (including phenoxy) is 2. The summed E-state index contributed by atoms with van der Waals surface area (Å²) in [6.07, 6.45) is -1.74. The first-order chi connectivity index (χ1) is 10.6. The van der Waals surface area contributed by atoms with E-state index in [2.05, 4.69) is 0 Å². The van der Waals surface area contributed by atoms with E-state index in [1.807, 2.05) is 30.3 Å². The fraction of sp³-hybridized carbons (Fsp3) is 0.125. The van der Waals surface area contributed by atoms with Crippen LogP contribution in [0.25, 0.3) is 11.1 Å². The smallest absolute Gasteiger partial charge is 0.409 e. The highest BCUT2D eigenvalue weighted by Gasteiger charge is 2.32. The maximum atomic E-state index is 11.1. The topological polar surface area (TPSA) is 105 Å². The molecule has 112 valence electrons. The van der Waals surface area contributed by atoms with Crippen LogP contribution < -0.4 is 16.2 Å². The first kappa shape index (κ1) is 13.9. The van der Waals surface area contributed by atoms with E-state index >= 15 is 0 Å². The fourth-order valence-corrected chi connectivity index (χ4v) is 2.88. The van der Waals surface area contributed by atoms with Gasteiger partial charge in [0.15, 0.2) is 0 Å². The fourth-order valence-electron chi connectivity index (χ4n) is 2.88. The molecule has 22 heavy (non-hydrogen) atoms. The van der Waals surface area contributed by atoms with Crippen molar-refractivity contribution in [3.05, 3.63) is 53.6 Å². The van der Waals surface area contributed by atoms with Crippen molar-refractivity contribution in [3.63, 3.8) is 0 Å². The Morgan fingerprint density at radius 1 is 0.955 bits per heavy atom. The molecule has 2 aromatic carbocycles. The second-order valence-corrected chi connectivity index (χ2v) is 4.91. The second-order valence-electron chi connectivity index (χ2n) is 4.91. The van der Waals surface area contributed by atoms with Gasteiger partial charge in [0.2, 0.25) is 0 Å². The first-order valence-electron chi connectivity index (χ1n) is 6.69. The molecule has 0 bridgehead atoms. The third-order valence-corrected chi connectivity index (χ3v) is 3.64. The minimum Gasteiger partial charge on any atom is -0.449 e. The number of primary amides is 2. The molecule has 1 aliphatic carbocycles. The van der Waals surface area contributed by atoms with Crippen LogP contribution in [0.2, 0.25) is 0 Å². The van der Waals surface area contributed by atoms with Crippen molar-refractivity contribution in [2.45, 2.75) is 5.92 Å². The van der Waals surface area contributed by atoms with Gasteiger partial charge in [0, 0.05) is 11.5 Å². The van der Waals surface area contributed by atoms with Crippen LogP contribution in [-0.4, -0.2) is 18.8 Å². The Morgan fingerprint density at radius 2 is 1.68 bits per heavy atom. The van der Waals surface area contributed by atoms with Gasteiger partial charge in [0.1, 0.15) is 12.4 Å². The zero-order valence-corrected chi connectivity index (χ0v) is 11.6. The summed E-state index contributed by atoms with van der Waals surface area (Å²) in [5.74, 6) is 0.105. The van der Waals surface area contributed by atoms with Gasteiger partial charge >= 0.3 is 12.2 Å². The van der Waals surface area contributed by atoms with E-state index in [0.717, 1.165) is 22.3 Å². The molecule has 6 heteroatoms. The molecular formula is C16H14N2O4. The number of benzene rings is 2. The van der Waals surface area contributed by atoms with Crippen molar-refractivity contribution in [1.29, 1.82) is 0 Å². The van der Waals surface area contributed by atoms with E-state index < -0.39 is 12.2 Å². The number of amides is 2. The van der Waals surface area contributed by atoms with Crippen molar-refractivity contribution in [2.24, 2.45) is 11.5 Å². The summed E-state index contributed by atoms with van der Waals surface area (Å²) < 4.78 is 10.1. The lowest BCUT2D eigenvalue weighted by Crippen LogP contribution is -2.20. The summed E-state index contributed by atoms with van der Waals surface area (Å²) in [7, 11) is 0. The summed E-state index contributed by atoms with van der Waals surface area (Å²) in [6.45, 7) is 0.0679. The quantitative estimate of drug-likeness (QED) is 0.907. The molecular weight excluding hydrogens is 284 g/mol. The van der Waals surface area contributed by atoms with Crippen LogP contribution in [0.3, 0.4) is 0 Å². The molecule has 2 aromatic rings. The molecule has 3 rings (SSSR count). The van der Waals surface area contributed by atoms with Gasteiger partial charge in [-0.2, -0.15) is 0 Å². The predicted molar refractivity (Wildman–Crippen MR) is 79.5 cm³/mol. The average molecular weight is 298 g/mol. The highest BCUT2D eigenvalue weighted by molar-refractivity contribution is 5.82. The van der Waals surface area contributed by atoms with Crippen molar-refractivity contribution >= 4 is 12.2 Å². The number of carbonyl (C=O) groups is 2. The van der Waals surface area contributed by atoms with Crippen molar-refractivity contribution in [3.8, 4) is 16.9 Å². The van der Waals surface area contributed by atoms with Crippen molar-refractivity contribution < 1.29 is 19.1 Å². The van der Waals surface area contributed by atoms with E-state index in [-0.39, 0.29) is 12.5 Å². The minimum absolute atomic E-state index is 0.0679. The van der Waals surface area contributed by atoms with Gasteiger partial charge < -0.3 is 20.9 Å². The Morgan fingerprint density at radius 3 is 2.41 bits per heavy atom. The second kappa shape index (κ2) is 5.40. The largest absolute Gasteiger partial charge is 0.449 e. The Bertz CT molecular complexity index is 758. The molecule has 0 heterocycles. The third-order valence-electron chi connectivity index (χ3n) is 3.64. The molecule has 0 saturated carbocycles. The Kier molecular flexibility index (Phi) is 3.42. The molecule has 1 unspecified atom stereocenters. The molecule has 2 amide bonds. The van der Waals surface area contributed by atoms with E-state index in [4.69, 9.17) is 20.9 Å². The predicted octanol–water partition coefficient (Wildman–Crippen LogP) is 2.35. The number of rotatable bonds is 3. The van der Waals surface area contributed by atoms with Crippen LogP contribution in [0.4, 0.5) is 9.59 Å². The van der Waals surface area contributed by atoms with Crippen LogP contribution in [0.5, 0.6) is 5.75 Å². The highest BCUT2D eigenvalue weighted by atomic mass is 16.6. The Balaban J connectivity index is 2.11. The van der Waals surface area contributed by atoms with Gasteiger partial charge in [-0.05, 0) is 22.8 Å². The maximum Gasteiger partial charge on any atom is 0.409 e. The average Bonchev–Trinajstić information content (AvgIpc) is 2.80. The zero-order chi connectivity index (χ0) is 15.7. The van der Waals surface area contributed by atoms with E-state index in [9.17, 15) is 9.59 Å². The van der Waals surface area contributed by atoms with Crippen LogP contribution in [0, 0.1) is 0 Å². The van der Waals surface area contributed by atoms with Crippen LogP contribution in [-0.2, 0) is 4.74 Å². The molecule has 0 fully saturated rings. The number of nitrogens with two attached hydrogens (primary N) is 2. The van der Waals surface area contributed by atoms with E-state index in [1.54, 1.807) is 12.1 Å². The lowest BCUT2D eigenvalue weighted by atomic mass is 9.97. The summed E-state index contributed by atoms with van der Waals surface area (Å²) in [5, 5.41) is 0. The summed E-state index contributed by atoms with van der Waals surface area (Å²) in [6, 6.07) is 13.1. The van der Waals surface area contributed by atoms with Crippen molar-refractivity contribution in [2.75, 3.05) is 6.61 Å². The Hall–Kier alpha value is -3.02. The SMILES string of the molecule is NC(=O)OCC1c2ccccc2-c2cccc(OC(N)=O)c21. The third kappa shape index (κ3) is 2.35. The lowest BCUT2D eigenvalue weighted by Gasteiger charge is -2.15. The zero-order valence-electron chi connectivity index (χ0n) is 11.6. The number of fused-ring (bicyclic) bond motifs is 3. The standard InChI is InChI=1S/C16H14N2O4/c17-15(19)21-8-12-10-5-2-1-4-9(10)11-6-3-7-13(14(11)12)22-16(18)20/h1-7,12H,8H2,(H2,17,19)(H2,18,20). The van der Waals surface area contributed by atoms with Gasteiger partial charge in [-0.1, -0.05) is 36.4 Å². The van der Waals surface area contributed by atoms with Crippen molar-refractivity contribution in [1.82, 2.24) is 0 Å². The number of hydrogen-bond donors (Lipinski definition) is 2. The summed E-state index contributed by atoms with van der Waals surface area (Å²) in [5.41, 5.74) is 13.9. The molecule has 6 nitrogen and oxygen atoms in total. The van der Waals surface area contributed by atoms with Gasteiger partial charge in [0.25, 0.3) is 0 Å². The van der Waals surface area contributed by atoms with E-state index in [1.165, 1.54) is 0 Å². The summed E-state index contributed by atoms with van der Waals surface area (Å²) >= 11 is 0.